The molecule has 0 heterocycles. The maximum absolute atomic E-state index is 12.2. The van der Waals surface area contributed by atoms with Crippen LogP contribution in [-0.2, 0) is 4.79 Å². The molecule has 0 radical (unpaired) electrons. The fourth-order valence-corrected chi connectivity index (χ4v) is 2.64. The van der Waals surface area contributed by atoms with E-state index in [-0.39, 0.29) is 18.4 Å². The average Bonchev–Trinajstić information content (AvgIpc) is 2.74. The largest absolute Gasteiger partial charge is 0.457 e. The van der Waals surface area contributed by atoms with Crippen molar-refractivity contribution in [3.05, 3.63) is 84.4 Å². The lowest BCUT2D eigenvalue weighted by Gasteiger charge is -2.12. The third kappa shape index (κ3) is 5.84. The SMILES string of the molecule is CN(C)C(=O)c1cccc(NCC(=O)Nc2ccc(Oc3ccccc3)cc2)c1. The van der Waals surface area contributed by atoms with E-state index < -0.39 is 0 Å². The van der Waals surface area contributed by atoms with E-state index in [1.807, 2.05) is 36.4 Å². The Balaban J connectivity index is 1.52. The van der Waals surface area contributed by atoms with E-state index in [4.69, 9.17) is 4.74 Å². The van der Waals surface area contributed by atoms with Gasteiger partial charge in [0.05, 0.1) is 6.54 Å². The Morgan fingerprint density at radius 1 is 0.828 bits per heavy atom. The molecule has 29 heavy (non-hydrogen) atoms. The molecule has 0 aliphatic rings. The zero-order valence-corrected chi connectivity index (χ0v) is 16.4. The van der Waals surface area contributed by atoms with E-state index in [0.29, 0.717) is 22.7 Å². The lowest BCUT2D eigenvalue weighted by Crippen LogP contribution is -2.23. The Labute approximate surface area is 170 Å². The predicted molar refractivity (Wildman–Crippen MR) is 115 cm³/mol. The number of carbonyl (C=O) groups excluding carboxylic acids is 2. The van der Waals surface area contributed by atoms with Crippen LogP contribution in [0.25, 0.3) is 0 Å². The highest BCUT2D eigenvalue weighted by atomic mass is 16.5. The zero-order chi connectivity index (χ0) is 20.6. The summed E-state index contributed by atoms with van der Waals surface area (Å²) in [5, 5.41) is 5.86. The standard InChI is InChI=1S/C23H23N3O3/c1-26(2)23(28)17-7-6-8-19(15-17)24-16-22(27)25-18-11-13-21(14-12-18)29-20-9-4-3-5-10-20/h3-15,24H,16H2,1-2H3,(H,25,27). The van der Waals surface area contributed by atoms with Crippen molar-refractivity contribution in [2.45, 2.75) is 0 Å². The molecule has 0 aliphatic heterocycles. The summed E-state index contributed by atoms with van der Waals surface area (Å²) in [6.07, 6.45) is 0. The van der Waals surface area contributed by atoms with Crippen molar-refractivity contribution >= 4 is 23.2 Å². The zero-order valence-electron chi connectivity index (χ0n) is 16.4. The van der Waals surface area contributed by atoms with Gasteiger partial charge < -0.3 is 20.3 Å². The van der Waals surface area contributed by atoms with Crippen LogP contribution in [-0.4, -0.2) is 37.4 Å². The first-order valence-electron chi connectivity index (χ1n) is 9.20. The molecule has 0 saturated carbocycles. The van der Waals surface area contributed by atoms with Crippen LogP contribution < -0.4 is 15.4 Å². The third-order valence-corrected chi connectivity index (χ3v) is 4.09. The average molecular weight is 389 g/mol. The minimum atomic E-state index is -0.189. The van der Waals surface area contributed by atoms with E-state index >= 15 is 0 Å². The highest BCUT2D eigenvalue weighted by molar-refractivity contribution is 5.96. The van der Waals surface area contributed by atoms with E-state index in [2.05, 4.69) is 10.6 Å². The predicted octanol–water partition coefficient (Wildman–Crippen LogP) is 4.23. The molecule has 0 bridgehead atoms. The smallest absolute Gasteiger partial charge is 0.253 e. The minimum absolute atomic E-state index is 0.0852. The summed E-state index contributed by atoms with van der Waals surface area (Å²) in [4.78, 5) is 25.7. The molecule has 0 fully saturated rings. The molecule has 3 aromatic carbocycles. The second-order valence-electron chi connectivity index (χ2n) is 6.62. The molecule has 0 aromatic heterocycles. The van der Waals surface area contributed by atoms with Crippen LogP contribution in [0.4, 0.5) is 11.4 Å². The summed E-state index contributed by atoms with van der Waals surface area (Å²) < 4.78 is 5.73. The molecule has 3 rings (SSSR count). The minimum Gasteiger partial charge on any atom is -0.457 e. The number of amides is 2. The molecule has 3 aromatic rings. The van der Waals surface area contributed by atoms with Gasteiger partial charge in [0.1, 0.15) is 11.5 Å². The fraction of sp³-hybridized carbons (Fsp3) is 0.130. The van der Waals surface area contributed by atoms with Gasteiger partial charge in [-0.1, -0.05) is 24.3 Å². The molecule has 148 valence electrons. The van der Waals surface area contributed by atoms with E-state index in [0.717, 1.165) is 5.75 Å². The van der Waals surface area contributed by atoms with Crippen LogP contribution in [0, 0.1) is 0 Å². The van der Waals surface area contributed by atoms with Crippen molar-refractivity contribution in [3.63, 3.8) is 0 Å². The second-order valence-corrected chi connectivity index (χ2v) is 6.62. The number of nitrogens with one attached hydrogen (secondary N) is 2. The highest BCUT2D eigenvalue weighted by Gasteiger charge is 2.09. The summed E-state index contributed by atoms with van der Waals surface area (Å²) in [6.45, 7) is 0.0852. The number of nitrogens with zero attached hydrogens (tertiary/aromatic N) is 1. The van der Waals surface area contributed by atoms with Crippen molar-refractivity contribution in [3.8, 4) is 11.5 Å². The fourth-order valence-electron chi connectivity index (χ4n) is 2.64. The number of hydrogen-bond donors (Lipinski definition) is 2. The van der Waals surface area contributed by atoms with Crippen LogP contribution in [0.1, 0.15) is 10.4 Å². The molecule has 0 spiro atoms. The molecule has 6 heteroatoms. The molecule has 6 nitrogen and oxygen atoms in total. The summed E-state index contributed by atoms with van der Waals surface area (Å²) in [5.74, 6) is 1.17. The van der Waals surface area contributed by atoms with Gasteiger partial charge in [0.25, 0.3) is 5.91 Å². The Bertz CT molecular complexity index is 970. The van der Waals surface area contributed by atoms with E-state index in [1.54, 1.807) is 56.6 Å². The van der Waals surface area contributed by atoms with Gasteiger partial charge in [-0.05, 0) is 54.6 Å². The van der Waals surface area contributed by atoms with Gasteiger partial charge in [-0.15, -0.1) is 0 Å². The Kier molecular flexibility index (Phi) is 6.47. The number of para-hydroxylation sites is 1. The Hall–Kier alpha value is -3.80. The Morgan fingerprint density at radius 3 is 2.21 bits per heavy atom. The second kappa shape index (κ2) is 9.41. The summed E-state index contributed by atoms with van der Waals surface area (Å²) in [7, 11) is 3.40. The van der Waals surface area contributed by atoms with E-state index in [1.165, 1.54) is 4.90 Å². The lowest BCUT2D eigenvalue weighted by atomic mass is 10.2. The summed E-state index contributed by atoms with van der Waals surface area (Å²) in [5.41, 5.74) is 1.95. The van der Waals surface area contributed by atoms with Crippen LogP contribution in [0.5, 0.6) is 11.5 Å². The monoisotopic (exact) mass is 389 g/mol. The van der Waals surface area contributed by atoms with Gasteiger partial charge in [0.2, 0.25) is 5.91 Å². The van der Waals surface area contributed by atoms with E-state index in [9.17, 15) is 9.59 Å². The first-order chi connectivity index (χ1) is 14.0. The first-order valence-corrected chi connectivity index (χ1v) is 9.20. The van der Waals surface area contributed by atoms with Crippen molar-refractivity contribution in [1.82, 2.24) is 4.90 Å². The molecule has 2 amide bonds. The third-order valence-electron chi connectivity index (χ3n) is 4.09. The molecule has 0 atom stereocenters. The summed E-state index contributed by atoms with van der Waals surface area (Å²) >= 11 is 0. The van der Waals surface area contributed by atoms with Crippen molar-refractivity contribution in [2.24, 2.45) is 0 Å². The number of benzene rings is 3. The number of rotatable bonds is 7. The molecule has 0 saturated heterocycles. The topological polar surface area (TPSA) is 70.7 Å². The normalized spacial score (nSPS) is 10.1. The molecular weight excluding hydrogens is 366 g/mol. The first kappa shape index (κ1) is 19.9. The van der Waals surface area contributed by atoms with Crippen LogP contribution >= 0.6 is 0 Å². The van der Waals surface area contributed by atoms with Crippen molar-refractivity contribution in [1.29, 1.82) is 0 Å². The quantitative estimate of drug-likeness (QED) is 0.634. The van der Waals surface area contributed by atoms with Gasteiger partial charge in [0.15, 0.2) is 0 Å². The highest BCUT2D eigenvalue weighted by Crippen LogP contribution is 2.22. The van der Waals surface area contributed by atoms with Gasteiger partial charge in [-0.2, -0.15) is 0 Å². The number of carbonyl (C=O) groups is 2. The summed E-state index contributed by atoms with van der Waals surface area (Å²) in [6, 6.07) is 23.7. The van der Waals surface area contributed by atoms with Crippen LogP contribution in [0.3, 0.4) is 0 Å². The maximum Gasteiger partial charge on any atom is 0.253 e. The van der Waals surface area contributed by atoms with Gasteiger partial charge in [-0.25, -0.2) is 0 Å². The molecule has 0 unspecified atom stereocenters. The van der Waals surface area contributed by atoms with Crippen LogP contribution in [0.2, 0.25) is 0 Å². The van der Waals surface area contributed by atoms with Gasteiger partial charge in [-0.3, -0.25) is 9.59 Å². The molecular formula is C23H23N3O3. The molecule has 2 N–H and O–H groups in total. The number of hydrogen-bond acceptors (Lipinski definition) is 4. The maximum atomic E-state index is 12.2. The number of ether oxygens (including phenoxy) is 1. The van der Waals surface area contributed by atoms with Crippen molar-refractivity contribution in [2.75, 3.05) is 31.3 Å². The van der Waals surface area contributed by atoms with Crippen molar-refractivity contribution < 1.29 is 14.3 Å². The van der Waals surface area contributed by atoms with Crippen LogP contribution in [0.15, 0.2) is 78.9 Å². The van der Waals surface area contributed by atoms with Gasteiger partial charge >= 0.3 is 0 Å². The lowest BCUT2D eigenvalue weighted by molar-refractivity contribution is -0.114. The Morgan fingerprint density at radius 2 is 1.52 bits per heavy atom. The molecule has 0 aliphatic carbocycles. The number of anilines is 2. The van der Waals surface area contributed by atoms with Gasteiger partial charge in [0, 0.05) is 31.0 Å².